The zero-order valence-corrected chi connectivity index (χ0v) is 19.9. The molecule has 0 saturated heterocycles. The molecule has 1 aliphatic carbocycles. The molecule has 0 radical (unpaired) electrons. The number of hydrogen-bond acceptors (Lipinski definition) is 6. The van der Waals surface area contributed by atoms with Gasteiger partial charge in [0, 0.05) is 29.7 Å². The maximum absolute atomic E-state index is 12.7. The summed E-state index contributed by atoms with van der Waals surface area (Å²) in [5, 5.41) is 3.81. The van der Waals surface area contributed by atoms with E-state index >= 15 is 0 Å². The number of nitrogens with zero attached hydrogens (tertiary/aromatic N) is 1. The average molecular weight is 468 g/mol. The molecule has 5 rings (SSSR count). The van der Waals surface area contributed by atoms with Crippen LogP contribution in [0.25, 0.3) is 10.2 Å². The largest absolute Gasteiger partial charge is 0.486 e. The van der Waals surface area contributed by atoms with Gasteiger partial charge in [-0.3, -0.25) is 9.59 Å². The van der Waals surface area contributed by atoms with Crippen LogP contribution in [0.3, 0.4) is 0 Å². The van der Waals surface area contributed by atoms with Crippen LogP contribution in [0, 0.1) is 13.8 Å². The molecule has 7 nitrogen and oxygen atoms in total. The molecule has 1 saturated carbocycles. The zero-order chi connectivity index (χ0) is 23.0. The highest BCUT2D eigenvalue weighted by Gasteiger charge is 2.36. The van der Waals surface area contributed by atoms with Gasteiger partial charge in [0.15, 0.2) is 11.5 Å². The second-order valence-electron chi connectivity index (χ2n) is 9.10. The van der Waals surface area contributed by atoms with E-state index in [9.17, 15) is 9.59 Å². The summed E-state index contributed by atoms with van der Waals surface area (Å²) in [7, 11) is 0. The van der Waals surface area contributed by atoms with Gasteiger partial charge in [0.1, 0.15) is 23.9 Å². The van der Waals surface area contributed by atoms with Crippen LogP contribution in [-0.4, -0.2) is 35.6 Å². The van der Waals surface area contributed by atoms with Gasteiger partial charge >= 0.3 is 0 Å². The molecular weight excluding hydrogens is 438 g/mol. The first-order valence-electron chi connectivity index (χ1n) is 11.6. The lowest BCUT2D eigenvalue weighted by Crippen LogP contribution is -2.39. The number of carbonyl (C=O) groups excluding carboxylic acids is 1. The highest BCUT2D eigenvalue weighted by molar-refractivity contribution is 7.18. The van der Waals surface area contributed by atoms with Crippen LogP contribution in [0.4, 0.5) is 0 Å². The number of aromatic nitrogens is 2. The number of benzene rings is 1. The van der Waals surface area contributed by atoms with Gasteiger partial charge in [-0.2, -0.15) is 0 Å². The molecule has 33 heavy (non-hydrogen) atoms. The Balaban J connectivity index is 1.25. The fraction of sp³-hybridized carbons (Fsp3) is 0.480. The Labute approximate surface area is 196 Å². The lowest BCUT2D eigenvalue weighted by molar-refractivity contribution is -0.121. The monoisotopic (exact) mass is 467 g/mol. The van der Waals surface area contributed by atoms with Gasteiger partial charge < -0.3 is 19.8 Å². The van der Waals surface area contributed by atoms with Gasteiger partial charge in [-0.05, 0) is 49.9 Å². The lowest BCUT2D eigenvalue weighted by atomic mass is 9.78. The molecule has 3 heterocycles. The Morgan fingerprint density at radius 3 is 2.73 bits per heavy atom. The van der Waals surface area contributed by atoms with Crippen LogP contribution in [-0.2, 0) is 16.6 Å². The van der Waals surface area contributed by atoms with Crippen molar-refractivity contribution in [1.29, 1.82) is 0 Å². The molecule has 2 aliphatic rings. The molecule has 0 spiro atoms. The Morgan fingerprint density at radius 2 is 1.94 bits per heavy atom. The minimum absolute atomic E-state index is 0.0277. The van der Waals surface area contributed by atoms with Crippen molar-refractivity contribution in [2.75, 3.05) is 19.8 Å². The third kappa shape index (κ3) is 4.24. The number of fused-ring (bicyclic) bond motifs is 2. The number of carbonyl (C=O) groups is 1. The molecule has 1 fully saturated rings. The maximum Gasteiger partial charge on any atom is 0.259 e. The van der Waals surface area contributed by atoms with Crippen molar-refractivity contribution in [3.05, 3.63) is 50.4 Å². The Hall–Kier alpha value is -2.87. The first kappa shape index (κ1) is 21.9. The number of H-pyrrole nitrogens is 1. The van der Waals surface area contributed by atoms with Crippen LogP contribution in [0.2, 0.25) is 0 Å². The minimum atomic E-state index is -0.124. The summed E-state index contributed by atoms with van der Waals surface area (Å²) in [4.78, 5) is 34.5. The molecule has 3 aromatic rings. The molecule has 174 valence electrons. The van der Waals surface area contributed by atoms with Gasteiger partial charge in [-0.25, -0.2) is 4.98 Å². The van der Waals surface area contributed by atoms with E-state index in [1.165, 1.54) is 16.9 Å². The molecular formula is C25H29N3O4S. The molecule has 0 bridgehead atoms. The predicted octanol–water partition coefficient (Wildman–Crippen LogP) is 3.93. The standard InChI is InChI=1S/C25H29N3O4S/c1-15-16(2)33-24-22(15)23(30)27-20(28-24)7-8-21(29)26-14-25(9-3-4-10-25)17-5-6-18-19(13-17)32-12-11-31-18/h5-6,13H,3-4,7-12,14H2,1-2H3,(H,26,29)(H,27,28,30). The first-order chi connectivity index (χ1) is 15.9. The van der Waals surface area contributed by atoms with Crippen molar-refractivity contribution in [1.82, 2.24) is 15.3 Å². The van der Waals surface area contributed by atoms with Gasteiger partial charge in [0.05, 0.1) is 5.39 Å². The highest BCUT2D eigenvalue weighted by atomic mass is 32.1. The van der Waals surface area contributed by atoms with Crippen molar-refractivity contribution in [2.45, 2.75) is 57.8 Å². The normalized spacial score (nSPS) is 16.8. The predicted molar refractivity (Wildman–Crippen MR) is 129 cm³/mol. The van der Waals surface area contributed by atoms with E-state index < -0.39 is 0 Å². The Morgan fingerprint density at radius 1 is 1.18 bits per heavy atom. The number of aromatic amines is 1. The topological polar surface area (TPSA) is 93.3 Å². The van der Waals surface area contributed by atoms with Crippen LogP contribution in [0.5, 0.6) is 11.5 Å². The van der Waals surface area contributed by atoms with Crippen LogP contribution >= 0.6 is 11.3 Å². The van der Waals surface area contributed by atoms with E-state index in [1.807, 2.05) is 19.9 Å². The number of aryl methyl sites for hydroxylation is 3. The second kappa shape index (κ2) is 8.82. The number of amides is 1. The number of thiophene rings is 1. The minimum Gasteiger partial charge on any atom is -0.486 e. The lowest BCUT2D eigenvalue weighted by Gasteiger charge is -2.31. The molecule has 8 heteroatoms. The van der Waals surface area contributed by atoms with Crippen molar-refractivity contribution < 1.29 is 14.3 Å². The third-order valence-corrected chi connectivity index (χ3v) is 8.12. The van der Waals surface area contributed by atoms with Crippen LogP contribution in [0.1, 0.15) is 53.9 Å². The number of ether oxygens (including phenoxy) is 2. The summed E-state index contributed by atoms with van der Waals surface area (Å²) < 4.78 is 11.4. The molecule has 1 aliphatic heterocycles. The number of hydrogen-bond donors (Lipinski definition) is 2. The van der Waals surface area contributed by atoms with Crippen LogP contribution < -0.4 is 20.3 Å². The van der Waals surface area contributed by atoms with Crippen LogP contribution in [0.15, 0.2) is 23.0 Å². The van der Waals surface area contributed by atoms with Crippen molar-refractivity contribution in [3.63, 3.8) is 0 Å². The molecule has 2 N–H and O–H groups in total. The molecule has 1 amide bonds. The smallest absolute Gasteiger partial charge is 0.259 e. The molecule has 1 aromatic carbocycles. The van der Waals surface area contributed by atoms with Crippen molar-refractivity contribution >= 4 is 27.5 Å². The number of nitrogens with one attached hydrogen (secondary N) is 2. The average Bonchev–Trinajstić information content (AvgIpc) is 3.41. The summed E-state index contributed by atoms with van der Waals surface area (Å²) in [6.45, 7) is 5.67. The van der Waals surface area contributed by atoms with Crippen molar-refractivity contribution in [3.8, 4) is 11.5 Å². The van der Waals surface area contributed by atoms with E-state index in [2.05, 4.69) is 27.4 Å². The van der Waals surface area contributed by atoms with Gasteiger partial charge in [-0.15, -0.1) is 11.3 Å². The fourth-order valence-corrected chi connectivity index (χ4v) is 6.05. The second-order valence-corrected chi connectivity index (χ2v) is 10.3. The fourth-order valence-electron chi connectivity index (χ4n) is 5.00. The molecule has 2 aromatic heterocycles. The maximum atomic E-state index is 12.7. The third-order valence-electron chi connectivity index (χ3n) is 7.02. The summed E-state index contributed by atoms with van der Waals surface area (Å²) in [5.74, 6) is 2.11. The van der Waals surface area contributed by atoms with Gasteiger partial charge in [0.2, 0.25) is 5.91 Å². The Bertz CT molecular complexity index is 1260. The SMILES string of the molecule is Cc1sc2nc(CCC(=O)NCC3(c4ccc5c(c4)OCCO5)CCCC3)[nH]c(=O)c2c1C. The number of rotatable bonds is 6. The summed E-state index contributed by atoms with van der Waals surface area (Å²) in [6.07, 6.45) is 5.06. The molecule has 0 unspecified atom stereocenters. The van der Waals surface area contributed by atoms with E-state index in [4.69, 9.17) is 9.47 Å². The van der Waals surface area contributed by atoms with E-state index in [1.54, 1.807) is 0 Å². The highest BCUT2D eigenvalue weighted by Crippen LogP contribution is 2.43. The summed E-state index contributed by atoms with van der Waals surface area (Å²) in [6, 6.07) is 6.18. The van der Waals surface area contributed by atoms with Gasteiger partial charge in [0.25, 0.3) is 5.56 Å². The van der Waals surface area contributed by atoms with E-state index in [0.29, 0.717) is 37.4 Å². The zero-order valence-electron chi connectivity index (χ0n) is 19.1. The van der Waals surface area contributed by atoms with E-state index in [0.717, 1.165) is 52.5 Å². The molecule has 0 atom stereocenters. The quantitative estimate of drug-likeness (QED) is 0.573. The van der Waals surface area contributed by atoms with Crippen molar-refractivity contribution in [2.24, 2.45) is 0 Å². The summed E-state index contributed by atoms with van der Waals surface area (Å²) in [5.41, 5.74) is 1.97. The first-order valence-corrected chi connectivity index (χ1v) is 12.4. The summed E-state index contributed by atoms with van der Waals surface area (Å²) >= 11 is 1.52. The van der Waals surface area contributed by atoms with Gasteiger partial charge in [-0.1, -0.05) is 18.9 Å². The Kier molecular flexibility index (Phi) is 5.86. The van der Waals surface area contributed by atoms with E-state index in [-0.39, 0.29) is 23.3 Å².